The van der Waals surface area contributed by atoms with E-state index in [-0.39, 0.29) is 11.8 Å². The second-order valence-electron chi connectivity index (χ2n) is 5.94. The number of anilines is 1. The van der Waals surface area contributed by atoms with Crippen molar-refractivity contribution in [3.05, 3.63) is 46.1 Å². The van der Waals surface area contributed by atoms with E-state index in [4.69, 9.17) is 0 Å². The summed E-state index contributed by atoms with van der Waals surface area (Å²) in [6, 6.07) is 8.21. The minimum atomic E-state index is -0.423. The van der Waals surface area contributed by atoms with Crippen molar-refractivity contribution in [2.24, 2.45) is 0 Å². The Morgan fingerprint density at radius 1 is 1.33 bits per heavy atom. The summed E-state index contributed by atoms with van der Waals surface area (Å²) < 4.78 is 0. The number of rotatable bonds is 4. The minimum absolute atomic E-state index is 0.0461. The van der Waals surface area contributed by atoms with Gasteiger partial charge in [0.15, 0.2) is 5.82 Å². The number of nitrogens with zero attached hydrogens (tertiary/aromatic N) is 4. The summed E-state index contributed by atoms with van der Waals surface area (Å²) in [6.45, 7) is 3.45. The van der Waals surface area contributed by atoms with Crippen molar-refractivity contribution in [2.75, 3.05) is 18.0 Å². The van der Waals surface area contributed by atoms with Gasteiger partial charge in [-0.25, -0.2) is 9.97 Å². The fourth-order valence-corrected chi connectivity index (χ4v) is 2.85. The number of piperidine rings is 1. The summed E-state index contributed by atoms with van der Waals surface area (Å²) in [5.74, 6) is 1.35. The molecule has 1 aromatic heterocycles. The lowest BCUT2D eigenvalue weighted by molar-refractivity contribution is -0.384. The summed E-state index contributed by atoms with van der Waals surface area (Å²) in [5, 5.41) is 20.7. The van der Waals surface area contributed by atoms with Gasteiger partial charge in [-0.05, 0) is 31.4 Å². The van der Waals surface area contributed by atoms with Crippen molar-refractivity contribution in [1.82, 2.24) is 9.97 Å². The third kappa shape index (κ3) is 3.51. The van der Waals surface area contributed by atoms with E-state index in [9.17, 15) is 15.2 Å². The molecular weight excluding hydrogens is 308 g/mol. The molecule has 7 heteroatoms. The average molecular weight is 328 g/mol. The molecule has 1 unspecified atom stereocenters. The van der Waals surface area contributed by atoms with E-state index in [1.165, 1.54) is 12.1 Å². The highest BCUT2D eigenvalue weighted by molar-refractivity contribution is 5.60. The molecule has 1 atom stereocenters. The van der Waals surface area contributed by atoms with Crippen LogP contribution in [0.15, 0.2) is 30.3 Å². The number of hydrogen-bond donors (Lipinski definition) is 1. The molecule has 0 saturated carbocycles. The number of non-ortho nitro benzene ring substituents is 1. The maximum absolute atomic E-state index is 10.8. The molecular formula is C17H20N4O3. The summed E-state index contributed by atoms with van der Waals surface area (Å²) in [5.41, 5.74) is 1.70. The number of aliphatic hydroxyl groups excluding tert-OH is 1. The molecule has 0 bridgehead atoms. The zero-order valence-electron chi connectivity index (χ0n) is 13.6. The van der Waals surface area contributed by atoms with Crippen LogP contribution >= 0.6 is 0 Å². The van der Waals surface area contributed by atoms with E-state index in [0.29, 0.717) is 12.4 Å². The zero-order chi connectivity index (χ0) is 17.1. The van der Waals surface area contributed by atoms with Crippen LogP contribution in [-0.4, -0.2) is 39.2 Å². The van der Waals surface area contributed by atoms with Crippen LogP contribution in [0.3, 0.4) is 0 Å². The molecule has 1 aromatic carbocycles. The van der Waals surface area contributed by atoms with Crippen molar-refractivity contribution >= 4 is 11.5 Å². The molecule has 0 aliphatic carbocycles. The third-order valence-corrected chi connectivity index (χ3v) is 4.18. The van der Waals surface area contributed by atoms with Crippen LogP contribution in [-0.2, 0) is 6.42 Å². The van der Waals surface area contributed by atoms with Crippen LogP contribution in [0.25, 0.3) is 11.4 Å². The van der Waals surface area contributed by atoms with Gasteiger partial charge in [-0.1, -0.05) is 6.92 Å². The van der Waals surface area contributed by atoms with E-state index in [1.54, 1.807) is 12.1 Å². The predicted octanol–water partition coefficient (Wildman–Crippen LogP) is 2.58. The van der Waals surface area contributed by atoms with Crippen LogP contribution in [0.4, 0.5) is 11.5 Å². The number of aromatic nitrogens is 2. The Kier molecular flexibility index (Phi) is 4.71. The largest absolute Gasteiger partial charge is 0.391 e. The molecule has 24 heavy (non-hydrogen) atoms. The Labute approximate surface area is 140 Å². The lowest BCUT2D eigenvalue weighted by Crippen LogP contribution is -2.38. The lowest BCUT2D eigenvalue weighted by atomic mass is 10.1. The minimum Gasteiger partial charge on any atom is -0.391 e. The molecule has 7 nitrogen and oxygen atoms in total. The first-order valence-corrected chi connectivity index (χ1v) is 8.12. The normalized spacial score (nSPS) is 17.8. The molecule has 126 valence electrons. The molecule has 0 spiro atoms. The Morgan fingerprint density at radius 3 is 2.71 bits per heavy atom. The second-order valence-corrected chi connectivity index (χ2v) is 5.94. The van der Waals surface area contributed by atoms with Crippen molar-refractivity contribution in [3.63, 3.8) is 0 Å². The summed E-state index contributed by atoms with van der Waals surface area (Å²) in [7, 11) is 0. The van der Waals surface area contributed by atoms with E-state index >= 15 is 0 Å². The van der Waals surface area contributed by atoms with Gasteiger partial charge in [0.05, 0.1) is 11.0 Å². The first-order chi connectivity index (χ1) is 11.6. The summed E-state index contributed by atoms with van der Waals surface area (Å²) in [6.07, 6.45) is 2.18. The first-order valence-electron chi connectivity index (χ1n) is 8.12. The fraction of sp³-hybridized carbons (Fsp3) is 0.412. The Hall–Kier alpha value is -2.54. The van der Waals surface area contributed by atoms with Gasteiger partial charge in [-0.3, -0.25) is 10.1 Å². The Morgan fingerprint density at radius 2 is 2.08 bits per heavy atom. The molecule has 3 rings (SSSR count). The second kappa shape index (κ2) is 6.92. The van der Waals surface area contributed by atoms with Crippen molar-refractivity contribution < 1.29 is 10.0 Å². The van der Waals surface area contributed by atoms with Gasteiger partial charge < -0.3 is 10.0 Å². The number of β-amino-alcohol motifs (C(OH)–C–C–N with tert-alkyl or cyclic N) is 1. The smallest absolute Gasteiger partial charge is 0.269 e. The van der Waals surface area contributed by atoms with Gasteiger partial charge in [0.1, 0.15) is 5.82 Å². The molecule has 2 aromatic rings. The average Bonchev–Trinajstić information content (AvgIpc) is 2.61. The number of benzene rings is 1. The van der Waals surface area contributed by atoms with Crippen LogP contribution in [0, 0.1) is 10.1 Å². The number of nitro benzene ring substituents is 1. The molecule has 1 aliphatic heterocycles. The Bertz CT molecular complexity index is 733. The maximum Gasteiger partial charge on any atom is 0.269 e. The van der Waals surface area contributed by atoms with Crippen LogP contribution in [0.1, 0.15) is 25.5 Å². The molecule has 1 fully saturated rings. The van der Waals surface area contributed by atoms with Gasteiger partial charge in [-0.2, -0.15) is 0 Å². The number of aliphatic hydroxyl groups is 1. The standard InChI is InChI=1S/C17H20N4O3/c1-2-13-10-16(20-9-3-4-15(22)11-20)19-17(18-13)12-5-7-14(8-6-12)21(23)24/h5-8,10,15,22H,2-4,9,11H2,1H3. The van der Waals surface area contributed by atoms with Gasteiger partial charge in [0, 0.05) is 42.5 Å². The summed E-state index contributed by atoms with van der Waals surface area (Å²) in [4.78, 5) is 21.6. The molecule has 0 radical (unpaired) electrons. The van der Waals surface area contributed by atoms with Gasteiger partial charge in [0.25, 0.3) is 5.69 Å². The molecule has 1 saturated heterocycles. The molecule has 2 heterocycles. The highest BCUT2D eigenvalue weighted by Crippen LogP contribution is 2.24. The highest BCUT2D eigenvalue weighted by Gasteiger charge is 2.20. The lowest BCUT2D eigenvalue weighted by Gasteiger charge is -2.31. The first kappa shape index (κ1) is 16.3. The number of nitro groups is 1. The maximum atomic E-state index is 10.8. The van der Waals surface area contributed by atoms with Crippen molar-refractivity contribution in [3.8, 4) is 11.4 Å². The Balaban J connectivity index is 1.95. The molecule has 1 N–H and O–H groups in total. The van der Waals surface area contributed by atoms with Crippen LogP contribution < -0.4 is 4.90 Å². The van der Waals surface area contributed by atoms with Gasteiger partial charge in [-0.15, -0.1) is 0 Å². The zero-order valence-corrected chi connectivity index (χ0v) is 13.6. The van der Waals surface area contributed by atoms with E-state index in [2.05, 4.69) is 14.9 Å². The number of aryl methyl sites for hydroxylation is 1. The van der Waals surface area contributed by atoms with Crippen molar-refractivity contribution in [1.29, 1.82) is 0 Å². The SMILES string of the molecule is CCc1cc(N2CCCC(O)C2)nc(-c2ccc([N+](=O)[O-])cc2)n1. The van der Waals surface area contributed by atoms with Crippen LogP contribution in [0.5, 0.6) is 0 Å². The molecule has 1 aliphatic rings. The van der Waals surface area contributed by atoms with E-state index in [0.717, 1.165) is 42.9 Å². The molecule has 0 amide bonds. The quantitative estimate of drug-likeness (QED) is 0.685. The predicted molar refractivity (Wildman–Crippen MR) is 91.0 cm³/mol. The van der Waals surface area contributed by atoms with Gasteiger partial charge >= 0.3 is 0 Å². The highest BCUT2D eigenvalue weighted by atomic mass is 16.6. The van der Waals surface area contributed by atoms with Crippen LogP contribution in [0.2, 0.25) is 0 Å². The number of hydrogen-bond acceptors (Lipinski definition) is 6. The third-order valence-electron chi connectivity index (χ3n) is 4.18. The monoisotopic (exact) mass is 328 g/mol. The van der Waals surface area contributed by atoms with Gasteiger partial charge in [0.2, 0.25) is 0 Å². The van der Waals surface area contributed by atoms with E-state index in [1.807, 2.05) is 13.0 Å². The van der Waals surface area contributed by atoms with E-state index < -0.39 is 4.92 Å². The summed E-state index contributed by atoms with van der Waals surface area (Å²) >= 11 is 0. The topological polar surface area (TPSA) is 92.4 Å². The van der Waals surface area contributed by atoms with Crippen molar-refractivity contribution in [2.45, 2.75) is 32.3 Å². The fourth-order valence-electron chi connectivity index (χ4n) is 2.85.